The minimum absolute atomic E-state index is 0.151. The SMILES string of the molecule is CCCCCCCCCCCCCCC[C@@H](O)[C@@H](O)[C@H](CO)NC(=O)CCCCCCCCCC. The Balaban J connectivity index is 3.73. The van der Waals surface area contributed by atoms with Gasteiger partial charge in [-0.05, 0) is 12.8 Å². The molecule has 1 amide bonds. The summed E-state index contributed by atoms with van der Waals surface area (Å²) in [6.45, 7) is 4.11. The monoisotopic (exact) mass is 499 g/mol. The molecule has 4 N–H and O–H groups in total. The van der Waals surface area contributed by atoms with E-state index in [1.54, 1.807) is 0 Å². The first-order chi connectivity index (χ1) is 17.1. The smallest absolute Gasteiger partial charge is 0.220 e. The molecule has 5 nitrogen and oxygen atoms in total. The zero-order chi connectivity index (χ0) is 26.0. The van der Waals surface area contributed by atoms with Gasteiger partial charge < -0.3 is 20.6 Å². The molecule has 35 heavy (non-hydrogen) atoms. The largest absolute Gasteiger partial charge is 0.394 e. The maximum absolute atomic E-state index is 12.2. The summed E-state index contributed by atoms with van der Waals surface area (Å²) < 4.78 is 0. The van der Waals surface area contributed by atoms with Crippen molar-refractivity contribution >= 4 is 5.91 Å². The number of rotatable bonds is 27. The minimum atomic E-state index is -1.13. The Kier molecular flexibility index (Phi) is 25.9. The van der Waals surface area contributed by atoms with E-state index in [9.17, 15) is 20.1 Å². The Morgan fingerprint density at radius 1 is 0.600 bits per heavy atom. The van der Waals surface area contributed by atoms with Gasteiger partial charge in [0.25, 0.3) is 0 Å². The Labute approximate surface area is 217 Å². The molecule has 0 spiro atoms. The highest BCUT2D eigenvalue weighted by atomic mass is 16.3. The first-order valence-corrected chi connectivity index (χ1v) is 15.3. The second-order valence-electron chi connectivity index (χ2n) is 10.7. The van der Waals surface area contributed by atoms with Crippen LogP contribution >= 0.6 is 0 Å². The summed E-state index contributed by atoms with van der Waals surface area (Å²) in [4.78, 5) is 12.2. The fourth-order valence-electron chi connectivity index (χ4n) is 4.75. The highest BCUT2D eigenvalue weighted by molar-refractivity contribution is 5.76. The van der Waals surface area contributed by atoms with E-state index in [1.165, 1.54) is 96.3 Å². The van der Waals surface area contributed by atoms with Gasteiger partial charge in [0, 0.05) is 6.42 Å². The lowest BCUT2D eigenvalue weighted by Crippen LogP contribution is -2.50. The van der Waals surface area contributed by atoms with Crippen LogP contribution in [0.5, 0.6) is 0 Å². The fourth-order valence-corrected chi connectivity index (χ4v) is 4.75. The van der Waals surface area contributed by atoms with Crippen molar-refractivity contribution in [2.75, 3.05) is 6.61 Å². The molecule has 3 atom stereocenters. The minimum Gasteiger partial charge on any atom is -0.394 e. The van der Waals surface area contributed by atoms with Crippen LogP contribution in [-0.4, -0.2) is 46.1 Å². The van der Waals surface area contributed by atoms with Gasteiger partial charge in [0.1, 0.15) is 6.10 Å². The topological polar surface area (TPSA) is 89.8 Å². The second-order valence-corrected chi connectivity index (χ2v) is 10.7. The molecular formula is C30H61NO4. The predicted molar refractivity (Wildman–Crippen MR) is 149 cm³/mol. The highest BCUT2D eigenvalue weighted by Gasteiger charge is 2.26. The average Bonchev–Trinajstić information content (AvgIpc) is 2.86. The Bertz CT molecular complexity index is 446. The van der Waals surface area contributed by atoms with Crippen molar-refractivity contribution in [3.63, 3.8) is 0 Å². The van der Waals surface area contributed by atoms with Gasteiger partial charge in [-0.1, -0.05) is 142 Å². The third kappa shape index (κ3) is 22.3. The zero-order valence-electron chi connectivity index (χ0n) is 23.5. The fraction of sp³-hybridized carbons (Fsp3) is 0.967. The molecule has 0 saturated heterocycles. The number of nitrogens with one attached hydrogen (secondary N) is 1. The lowest BCUT2D eigenvalue weighted by Gasteiger charge is -2.26. The zero-order valence-corrected chi connectivity index (χ0v) is 23.5. The normalized spacial score (nSPS) is 14.1. The van der Waals surface area contributed by atoms with E-state index in [1.807, 2.05) is 0 Å². The predicted octanol–water partition coefficient (Wildman–Crippen LogP) is 7.20. The van der Waals surface area contributed by atoms with Gasteiger partial charge >= 0.3 is 0 Å². The standard InChI is InChI=1S/C30H61NO4/c1-3-5-7-9-11-13-14-15-16-17-18-20-22-24-28(33)30(35)27(26-32)31-29(34)25-23-21-19-12-10-8-6-4-2/h27-28,30,32-33,35H,3-26H2,1-2H3,(H,31,34)/t27-,28+,30-/m0/s1. The molecule has 0 aliphatic rings. The molecule has 210 valence electrons. The van der Waals surface area contributed by atoms with Crippen LogP contribution in [-0.2, 0) is 4.79 Å². The van der Waals surface area contributed by atoms with E-state index >= 15 is 0 Å². The molecule has 5 heteroatoms. The molecule has 0 unspecified atom stereocenters. The Hall–Kier alpha value is -0.650. The first kappa shape index (κ1) is 34.4. The van der Waals surface area contributed by atoms with E-state index < -0.39 is 18.2 Å². The van der Waals surface area contributed by atoms with Crippen LogP contribution < -0.4 is 5.32 Å². The number of hydrogen-bond acceptors (Lipinski definition) is 4. The molecule has 0 aliphatic heterocycles. The summed E-state index contributed by atoms with van der Waals surface area (Å²) in [5.74, 6) is -0.151. The van der Waals surface area contributed by atoms with Crippen LogP contribution in [0.3, 0.4) is 0 Å². The summed E-state index contributed by atoms with van der Waals surface area (Å²) in [5.41, 5.74) is 0. The first-order valence-electron chi connectivity index (χ1n) is 15.3. The second kappa shape index (κ2) is 26.4. The summed E-state index contributed by atoms with van der Waals surface area (Å²) in [6.07, 6.45) is 24.8. The van der Waals surface area contributed by atoms with Crippen molar-refractivity contribution in [1.82, 2.24) is 5.32 Å². The number of aliphatic hydroxyl groups excluding tert-OH is 3. The van der Waals surface area contributed by atoms with Gasteiger partial charge in [0.2, 0.25) is 5.91 Å². The summed E-state index contributed by atoms with van der Waals surface area (Å²) >= 11 is 0. The average molecular weight is 500 g/mol. The number of unbranched alkanes of at least 4 members (excludes halogenated alkanes) is 19. The van der Waals surface area contributed by atoms with Crippen molar-refractivity contribution in [3.05, 3.63) is 0 Å². The van der Waals surface area contributed by atoms with E-state index in [4.69, 9.17) is 0 Å². The van der Waals surface area contributed by atoms with Crippen LogP contribution in [0, 0.1) is 0 Å². The highest BCUT2D eigenvalue weighted by Crippen LogP contribution is 2.15. The number of carbonyl (C=O) groups is 1. The third-order valence-corrected chi connectivity index (χ3v) is 7.21. The molecular weight excluding hydrogens is 438 g/mol. The van der Waals surface area contributed by atoms with Crippen molar-refractivity contribution < 1.29 is 20.1 Å². The molecule has 0 fully saturated rings. The third-order valence-electron chi connectivity index (χ3n) is 7.21. The Morgan fingerprint density at radius 3 is 1.37 bits per heavy atom. The van der Waals surface area contributed by atoms with Crippen LogP contribution in [0.4, 0.5) is 0 Å². The van der Waals surface area contributed by atoms with Gasteiger partial charge in [-0.2, -0.15) is 0 Å². The lowest BCUT2D eigenvalue weighted by molar-refractivity contribution is -0.124. The van der Waals surface area contributed by atoms with Crippen molar-refractivity contribution in [2.24, 2.45) is 0 Å². The molecule has 0 rings (SSSR count). The van der Waals surface area contributed by atoms with E-state index in [-0.39, 0.29) is 12.5 Å². The van der Waals surface area contributed by atoms with Crippen LogP contribution in [0.1, 0.15) is 162 Å². The molecule has 0 aliphatic carbocycles. The van der Waals surface area contributed by atoms with E-state index in [0.29, 0.717) is 12.8 Å². The van der Waals surface area contributed by atoms with Crippen molar-refractivity contribution in [3.8, 4) is 0 Å². The van der Waals surface area contributed by atoms with Gasteiger partial charge in [0.15, 0.2) is 0 Å². The van der Waals surface area contributed by atoms with Crippen LogP contribution in [0.2, 0.25) is 0 Å². The molecule has 0 aromatic carbocycles. The maximum Gasteiger partial charge on any atom is 0.220 e. The summed E-state index contributed by atoms with van der Waals surface area (Å²) in [7, 11) is 0. The molecule has 0 bridgehead atoms. The van der Waals surface area contributed by atoms with Gasteiger partial charge in [-0.25, -0.2) is 0 Å². The van der Waals surface area contributed by atoms with Crippen molar-refractivity contribution in [2.45, 2.75) is 180 Å². The molecule has 0 aromatic rings. The molecule has 0 aromatic heterocycles. The van der Waals surface area contributed by atoms with Gasteiger partial charge in [-0.15, -0.1) is 0 Å². The maximum atomic E-state index is 12.2. The van der Waals surface area contributed by atoms with Crippen LogP contribution in [0.15, 0.2) is 0 Å². The van der Waals surface area contributed by atoms with E-state index in [0.717, 1.165) is 38.5 Å². The summed E-state index contributed by atoms with van der Waals surface area (Å²) in [5, 5.41) is 33.1. The number of amides is 1. The lowest BCUT2D eigenvalue weighted by atomic mass is 9.99. The molecule has 0 heterocycles. The Morgan fingerprint density at radius 2 is 0.971 bits per heavy atom. The van der Waals surface area contributed by atoms with E-state index in [2.05, 4.69) is 19.2 Å². The number of aliphatic hydroxyl groups is 3. The number of hydrogen-bond donors (Lipinski definition) is 4. The van der Waals surface area contributed by atoms with Crippen LogP contribution in [0.25, 0.3) is 0 Å². The molecule has 0 radical (unpaired) electrons. The van der Waals surface area contributed by atoms with Crippen molar-refractivity contribution in [1.29, 1.82) is 0 Å². The van der Waals surface area contributed by atoms with Gasteiger partial charge in [0.05, 0.1) is 18.8 Å². The summed E-state index contributed by atoms with van der Waals surface area (Å²) in [6, 6.07) is -0.798. The quantitative estimate of drug-likeness (QED) is 0.0900. The molecule has 0 saturated carbocycles. The van der Waals surface area contributed by atoms with Gasteiger partial charge in [-0.3, -0.25) is 4.79 Å². The number of carbonyl (C=O) groups excluding carboxylic acids is 1.